The minimum Gasteiger partial charge on any atom is -0.445 e. The smallest absolute Gasteiger partial charge is 0.410 e. The summed E-state index contributed by atoms with van der Waals surface area (Å²) in [4.78, 5) is 24.2. The predicted molar refractivity (Wildman–Crippen MR) is 74.0 cm³/mol. The van der Waals surface area contributed by atoms with Crippen LogP contribution in [-0.4, -0.2) is 30.4 Å². The van der Waals surface area contributed by atoms with Crippen molar-refractivity contribution in [2.45, 2.75) is 19.4 Å². The number of rotatable bonds is 4. The fraction of sp³-hybridized carbons (Fsp3) is 0.500. The first-order valence-corrected chi connectivity index (χ1v) is 7.17. The summed E-state index contributed by atoms with van der Waals surface area (Å²) in [6.07, 6.45) is 2.83. The number of hydrogen-bond donors (Lipinski definition) is 0. The molecule has 0 bridgehead atoms. The van der Waals surface area contributed by atoms with E-state index in [2.05, 4.69) is 0 Å². The first-order valence-electron chi connectivity index (χ1n) is 7.17. The van der Waals surface area contributed by atoms with Crippen LogP contribution < -0.4 is 0 Å². The molecule has 1 aliphatic carbocycles. The molecule has 1 aliphatic heterocycles. The first-order chi connectivity index (χ1) is 9.76. The average molecular weight is 273 g/mol. The molecule has 1 aromatic rings. The number of carbonyl (C=O) groups is 2. The van der Waals surface area contributed by atoms with E-state index < -0.39 is 0 Å². The highest BCUT2D eigenvalue weighted by Crippen LogP contribution is 2.41. The van der Waals surface area contributed by atoms with Crippen LogP contribution in [0.4, 0.5) is 4.79 Å². The fourth-order valence-electron chi connectivity index (χ4n) is 2.98. The van der Waals surface area contributed by atoms with Crippen molar-refractivity contribution in [2.75, 3.05) is 13.1 Å². The minimum absolute atomic E-state index is 0.226. The molecule has 4 heteroatoms. The Morgan fingerprint density at radius 2 is 1.90 bits per heavy atom. The molecule has 1 heterocycles. The molecule has 1 aromatic carbocycles. The van der Waals surface area contributed by atoms with Crippen LogP contribution in [0.2, 0.25) is 0 Å². The SMILES string of the molecule is O=CC1CC(C2CN(C(=O)OCc3ccccc3)C2)C1. The van der Waals surface area contributed by atoms with Crippen molar-refractivity contribution in [3.63, 3.8) is 0 Å². The van der Waals surface area contributed by atoms with Gasteiger partial charge in [0.2, 0.25) is 0 Å². The van der Waals surface area contributed by atoms with E-state index in [9.17, 15) is 9.59 Å². The monoisotopic (exact) mass is 273 g/mol. The molecule has 2 fully saturated rings. The second kappa shape index (κ2) is 5.65. The Bertz CT molecular complexity index is 476. The van der Waals surface area contributed by atoms with Crippen molar-refractivity contribution in [3.05, 3.63) is 35.9 Å². The molecule has 0 atom stereocenters. The van der Waals surface area contributed by atoms with Crippen LogP contribution in [0.5, 0.6) is 0 Å². The van der Waals surface area contributed by atoms with Gasteiger partial charge in [-0.25, -0.2) is 4.79 Å². The lowest BCUT2D eigenvalue weighted by atomic mass is 9.67. The van der Waals surface area contributed by atoms with Crippen LogP contribution in [0.1, 0.15) is 18.4 Å². The molecule has 4 nitrogen and oxygen atoms in total. The Morgan fingerprint density at radius 3 is 2.55 bits per heavy atom. The van der Waals surface area contributed by atoms with E-state index in [1.807, 2.05) is 30.3 Å². The molecule has 0 spiro atoms. The maximum Gasteiger partial charge on any atom is 0.410 e. The van der Waals surface area contributed by atoms with Crippen molar-refractivity contribution in [1.29, 1.82) is 0 Å². The van der Waals surface area contributed by atoms with Gasteiger partial charge in [-0.1, -0.05) is 30.3 Å². The lowest BCUT2D eigenvalue weighted by Crippen LogP contribution is -2.55. The van der Waals surface area contributed by atoms with Crippen LogP contribution in [0.15, 0.2) is 30.3 Å². The Kier molecular flexibility index (Phi) is 3.72. The summed E-state index contributed by atoms with van der Waals surface area (Å²) in [5, 5.41) is 0. The standard InChI is InChI=1S/C16H19NO3/c18-10-13-6-14(7-13)15-8-17(9-15)16(19)20-11-12-4-2-1-3-5-12/h1-5,10,13-15H,6-9,11H2. The van der Waals surface area contributed by atoms with Crippen LogP contribution in [-0.2, 0) is 16.1 Å². The van der Waals surface area contributed by atoms with E-state index >= 15 is 0 Å². The lowest BCUT2D eigenvalue weighted by Gasteiger charge is -2.47. The third kappa shape index (κ3) is 2.69. The third-order valence-corrected chi connectivity index (χ3v) is 4.44. The Balaban J connectivity index is 1.37. The van der Waals surface area contributed by atoms with E-state index in [-0.39, 0.29) is 12.0 Å². The van der Waals surface area contributed by atoms with Crippen molar-refractivity contribution in [2.24, 2.45) is 17.8 Å². The Hall–Kier alpha value is -1.84. The maximum absolute atomic E-state index is 11.8. The van der Waals surface area contributed by atoms with Gasteiger partial charge in [-0.05, 0) is 30.2 Å². The highest BCUT2D eigenvalue weighted by atomic mass is 16.6. The molecule has 1 saturated heterocycles. The van der Waals surface area contributed by atoms with Crippen LogP contribution in [0.25, 0.3) is 0 Å². The van der Waals surface area contributed by atoms with Gasteiger partial charge in [-0.15, -0.1) is 0 Å². The van der Waals surface area contributed by atoms with Crippen molar-refractivity contribution in [1.82, 2.24) is 4.90 Å². The molecule has 20 heavy (non-hydrogen) atoms. The van der Waals surface area contributed by atoms with Gasteiger partial charge in [0.15, 0.2) is 0 Å². The fourth-order valence-corrected chi connectivity index (χ4v) is 2.98. The molecule has 0 aromatic heterocycles. The number of aldehydes is 1. The first kappa shape index (κ1) is 13.2. The molecule has 0 radical (unpaired) electrons. The molecular weight excluding hydrogens is 254 g/mol. The van der Waals surface area contributed by atoms with Gasteiger partial charge in [-0.3, -0.25) is 0 Å². The summed E-state index contributed by atoms with van der Waals surface area (Å²) in [5.74, 6) is 1.46. The minimum atomic E-state index is -0.226. The van der Waals surface area contributed by atoms with Crippen molar-refractivity contribution < 1.29 is 14.3 Å². The van der Waals surface area contributed by atoms with E-state index in [4.69, 9.17) is 4.74 Å². The highest BCUT2D eigenvalue weighted by molar-refractivity contribution is 5.68. The summed E-state index contributed by atoms with van der Waals surface area (Å²) in [5.41, 5.74) is 1.01. The molecule has 2 aliphatic rings. The van der Waals surface area contributed by atoms with Gasteiger partial charge in [0.25, 0.3) is 0 Å². The van der Waals surface area contributed by atoms with E-state index in [1.165, 1.54) is 0 Å². The van der Waals surface area contributed by atoms with Gasteiger partial charge >= 0.3 is 6.09 Å². The predicted octanol–water partition coefficient (Wildman–Crippen LogP) is 2.48. The van der Waals surface area contributed by atoms with E-state index in [0.29, 0.717) is 18.4 Å². The topological polar surface area (TPSA) is 46.6 Å². The molecule has 1 saturated carbocycles. The Morgan fingerprint density at radius 1 is 1.20 bits per heavy atom. The quantitative estimate of drug-likeness (QED) is 0.792. The number of likely N-dealkylation sites (tertiary alicyclic amines) is 1. The van der Waals surface area contributed by atoms with Crippen molar-refractivity contribution in [3.8, 4) is 0 Å². The summed E-state index contributed by atoms with van der Waals surface area (Å²) >= 11 is 0. The molecule has 3 rings (SSSR count). The number of nitrogens with zero attached hydrogens (tertiary/aromatic N) is 1. The third-order valence-electron chi connectivity index (χ3n) is 4.44. The van der Waals surface area contributed by atoms with Crippen LogP contribution in [0, 0.1) is 17.8 Å². The average Bonchev–Trinajstić information content (AvgIpc) is 2.38. The lowest BCUT2D eigenvalue weighted by molar-refractivity contribution is -0.116. The number of benzene rings is 1. The zero-order chi connectivity index (χ0) is 13.9. The van der Waals surface area contributed by atoms with Gasteiger partial charge in [-0.2, -0.15) is 0 Å². The van der Waals surface area contributed by atoms with Gasteiger partial charge in [0.1, 0.15) is 12.9 Å². The van der Waals surface area contributed by atoms with Crippen molar-refractivity contribution >= 4 is 12.4 Å². The summed E-state index contributed by atoms with van der Waals surface area (Å²) in [6, 6.07) is 9.70. The molecule has 0 N–H and O–H groups in total. The number of hydrogen-bond acceptors (Lipinski definition) is 3. The zero-order valence-electron chi connectivity index (χ0n) is 11.4. The molecule has 1 amide bonds. The van der Waals surface area contributed by atoms with Crippen LogP contribution in [0.3, 0.4) is 0 Å². The largest absolute Gasteiger partial charge is 0.445 e. The van der Waals surface area contributed by atoms with Crippen LogP contribution >= 0.6 is 0 Å². The maximum atomic E-state index is 11.8. The summed E-state index contributed by atoms with van der Waals surface area (Å²) < 4.78 is 5.28. The van der Waals surface area contributed by atoms with E-state index in [0.717, 1.165) is 37.8 Å². The molecular formula is C16H19NO3. The summed E-state index contributed by atoms with van der Waals surface area (Å²) in [6.45, 7) is 1.89. The number of ether oxygens (including phenoxy) is 1. The Labute approximate surface area is 118 Å². The van der Waals surface area contributed by atoms with Gasteiger partial charge in [0.05, 0.1) is 0 Å². The zero-order valence-corrected chi connectivity index (χ0v) is 11.4. The summed E-state index contributed by atoms with van der Waals surface area (Å²) in [7, 11) is 0. The van der Waals surface area contributed by atoms with Gasteiger partial charge in [0, 0.05) is 19.0 Å². The highest BCUT2D eigenvalue weighted by Gasteiger charge is 2.42. The normalized spacial score (nSPS) is 25.5. The number of carbonyl (C=O) groups excluding carboxylic acids is 2. The second-order valence-electron chi connectivity index (χ2n) is 5.83. The number of amides is 1. The van der Waals surface area contributed by atoms with Gasteiger partial charge < -0.3 is 14.4 Å². The molecule has 106 valence electrons. The molecule has 0 unspecified atom stereocenters. The van der Waals surface area contributed by atoms with E-state index in [1.54, 1.807) is 4.90 Å². The second-order valence-corrected chi connectivity index (χ2v) is 5.83.